The summed E-state index contributed by atoms with van der Waals surface area (Å²) in [7, 11) is 0. The summed E-state index contributed by atoms with van der Waals surface area (Å²) in [6.45, 7) is 2.51. The molecule has 4 heteroatoms. The van der Waals surface area contributed by atoms with Gasteiger partial charge in [-0.3, -0.25) is 0 Å². The van der Waals surface area contributed by atoms with Crippen LogP contribution >= 0.6 is 0 Å². The molecule has 0 unspecified atom stereocenters. The molecule has 0 saturated heterocycles. The average molecular weight is 177 g/mol. The molecule has 0 radical (unpaired) electrons. The number of hydrogen-bond acceptors (Lipinski definition) is 4. The first kappa shape index (κ1) is 8.19. The Bertz CT molecular complexity index is 422. The van der Waals surface area contributed by atoms with Gasteiger partial charge < -0.3 is 10.2 Å². The van der Waals surface area contributed by atoms with Crippen LogP contribution in [-0.4, -0.2) is 16.5 Å². The molecule has 4 nitrogen and oxygen atoms in total. The predicted octanol–water partition coefficient (Wildman–Crippen LogP) is 1.03. The van der Waals surface area contributed by atoms with Gasteiger partial charge in [0.05, 0.1) is 17.3 Å². The Morgan fingerprint density at radius 2 is 2.31 bits per heavy atom. The number of aryl methyl sites for hydroxylation is 1. The zero-order chi connectivity index (χ0) is 9.26. The zero-order valence-corrected chi connectivity index (χ0v) is 7.45. The average Bonchev–Trinajstić information content (AvgIpc) is 2.53. The topological polar surface area (TPSA) is 64.9 Å². The molecule has 0 amide bonds. The van der Waals surface area contributed by atoms with Crippen LogP contribution in [0.2, 0.25) is 0 Å². The van der Waals surface area contributed by atoms with E-state index < -0.39 is 0 Å². The van der Waals surface area contributed by atoms with Gasteiger partial charge >= 0.3 is 0 Å². The number of furan rings is 1. The summed E-state index contributed by atoms with van der Waals surface area (Å²) >= 11 is 0. The lowest BCUT2D eigenvalue weighted by atomic mass is 10.3. The number of fused-ring (bicyclic) bond motifs is 1. The molecule has 0 spiro atoms. The molecule has 2 rings (SSSR count). The molecule has 0 aliphatic heterocycles. The highest BCUT2D eigenvalue weighted by atomic mass is 16.3. The second-order valence-electron chi connectivity index (χ2n) is 2.90. The molecular formula is C9H11N3O. The van der Waals surface area contributed by atoms with E-state index in [1.54, 1.807) is 6.26 Å². The number of nitrogens with zero attached hydrogens (tertiary/aromatic N) is 2. The molecule has 0 bridgehead atoms. The Balaban J connectivity index is 2.56. The highest BCUT2D eigenvalue weighted by Crippen LogP contribution is 2.15. The molecule has 13 heavy (non-hydrogen) atoms. The number of rotatable bonds is 2. The summed E-state index contributed by atoms with van der Waals surface area (Å²) in [5, 5.41) is 0.973. The van der Waals surface area contributed by atoms with Crippen LogP contribution in [0.15, 0.2) is 16.7 Å². The van der Waals surface area contributed by atoms with Gasteiger partial charge in [-0.2, -0.15) is 4.98 Å². The zero-order valence-electron chi connectivity index (χ0n) is 7.45. The first-order valence-electron chi connectivity index (χ1n) is 4.22. The van der Waals surface area contributed by atoms with Crippen molar-refractivity contribution in [2.75, 3.05) is 6.54 Å². The van der Waals surface area contributed by atoms with Crippen molar-refractivity contribution in [3.63, 3.8) is 0 Å². The fourth-order valence-corrected chi connectivity index (χ4v) is 1.30. The van der Waals surface area contributed by atoms with Crippen molar-refractivity contribution in [1.82, 2.24) is 9.97 Å². The maximum absolute atomic E-state index is 5.42. The van der Waals surface area contributed by atoms with E-state index in [-0.39, 0.29) is 0 Å². The number of nitrogens with two attached hydrogens (primary N) is 1. The molecular weight excluding hydrogens is 166 g/mol. The van der Waals surface area contributed by atoms with Crippen LogP contribution in [0.4, 0.5) is 0 Å². The van der Waals surface area contributed by atoms with Crippen molar-refractivity contribution >= 4 is 11.1 Å². The fourth-order valence-electron chi connectivity index (χ4n) is 1.30. The maximum Gasteiger partial charge on any atom is 0.229 e. The summed E-state index contributed by atoms with van der Waals surface area (Å²) < 4.78 is 5.19. The molecule has 2 heterocycles. The monoisotopic (exact) mass is 177 g/mol. The van der Waals surface area contributed by atoms with Gasteiger partial charge in [0.15, 0.2) is 0 Å². The molecule has 2 aromatic rings. The Morgan fingerprint density at radius 3 is 3.08 bits per heavy atom. The predicted molar refractivity (Wildman–Crippen MR) is 49.3 cm³/mol. The molecule has 68 valence electrons. The highest BCUT2D eigenvalue weighted by Gasteiger charge is 2.05. The lowest BCUT2D eigenvalue weighted by Crippen LogP contribution is -2.07. The standard InChI is InChI=1S/C9H11N3O/c1-6-7-3-5-13-9(7)12-8(11-6)2-4-10/h3,5H,2,4,10H2,1H3. The van der Waals surface area contributed by atoms with Crippen LogP contribution in [0.3, 0.4) is 0 Å². The SMILES string of the molecule is Cc1nc(CCN)nc2occc12. The molecule has 0 aliphatic rings. The van der Waals surface area contributed by atoms with Crippen LogP contribution in [0, 0.1) is 6.92 Å². The summed E-state index contributed by atoms with van der Waals surface area (Å²) in [5.41, 5.74) is 7.01. The van der Waals surface area contributed by atoms with E-state index in [9.17, 15) is 0 Å². The quantitative estimate of drug-likeness (QED) is 0.744. The van der Waals surface area contributed by atoms with Crippen molar-refractivity contribution in [3.05, 3.63) is 23.8 Å². The third-order valence-corrected chi connectivity index (χ3v) is 1.93. The van der Waals surface area contributed by atoms with E-state index in [0.29, 0.717) is 18.7 Å². The first-order valence-corrected chi connectivity index (χ1v) is 4.22. The summed E-state index contributed by atoms with van der Waals surface area (Å²) in [6, 6.07) is 1.87. The lowest BCUT2D eigenvalue weighted by molar-refractivity contribution is 0.598. The van der Waals surface area contributed by atoms with E-state index in [2.05, 4.69) is 9.97 Å². The maximum atomic E-state index is 5.42. The Hall–Kier alpha value is -1.42. The van der Waals surface area contributed by atoms with Crippen LogP contribution in [0.5, 0.6) is 0 Å². The lowest BCUT2D eigenvalue weighted by Gasteiger charge is -1.99. The van der Waals surface area contributed by atoms with Crippen LogP contribution < -0.4 is 5.73 Å². The number of aromatic nitrogens is 2. The minimum Gasteiger partial charge on any atom is -0.446 e. The normalized spacial score (nSPS) is 10.9. The van der Waals surface area contributed by atoms with Gasteiger partial charge in [-0.15, -0.1) is 0 Å². The van der Waals surface area contributed by atoms with Crippen LogP contribution in [0.1, 0.15) is 11.5 Å². The summed E-state index contributed by atoms with van der Waals surface area (Å²) in [6.07, 6.45) is 2.32. The van der Waals surface area contributed by atoms with Crippen LogP contribution in [0.25, 0.3) is 11.1 Å². The van der Waals surface area contributed by atoms with Crippen molar-refractivity contribution < 1.29 is 4.42 Å². The van der Waals surface area contributed by atoms with E-state index >= 15 is 0 Å². The minimum atomic E-state index is 0.561. The Kier molecular flexibility index (Phi) is 1.98. The number of hydrogen-bond donors (Lipinski definition) is 1. The molecule has 0 fully saturated rings. The fraction of sp³-hybridized carbons (Fsp3) is 0.333. The van der Waals surface area contributed by atoms with Crippen molar-refractivity contribution in [3.8, 4) is 0 Å². The van der Waals surface area contributed by atoms with Crippen molar-refractivity contribution in [2.45, 2.75) is 13.3 Å². The smallest absolute Gasteiger partial charge is 0.229 e. The van der Waals surface area contributed by atoms with E-state index in [1.807, 2.05) is 13.0 Å². The van der Waals surface area contributed by atoms with Crippen LogP contribution in [-0.2, 0) is 6.42 Å². The second-order valence-corrected chi connectivity index (χ2v) is 2.90. The second kappa shape index (κ2) is 3.14. The van der Waals surface area contributed by atoms with Gasteiger partial charge in [0, 0.05) is 6.42 Å². The molecule has 2 N–H and O–H groups in total. The van der Waals surface area contributed by atoms with Gasteiger partial charge in [-0.1, -0.05) is 0 Å². The molecule has 0 saturated carbocycles. The van der Waals surface area contributed by atoms with E-state index in [1.165, 1.54) is 0 Å². The summed E-state index contributed by atoms with van der Waals surface area (Å²) in [4.78, 5) is 8.54. The Labute approximate surface area is 75.8 Å². The third kappa shape index (κ3) is 1.40. The highest BCUT2D eigenvalue weighted by molar-refractivity contribution is 5.75. The Morgan fingerprint density at radius 1 is 1.46 bits per heavy atom. The van der Waals surface area contributed by atoms with E-state index in [4.69, 9.17) is 10.2 Å². The minimum absolute atomic E-state index is 0.561. The molecule has 0 atom stereocenters. The third-order valence-electron chi connectivity index (χ3n) is 1.93. The van der Waals surface area contributed by atoms with Crippen molar-refractivity contribution in [2.24, 2.45) is 5.73 Å². The van der Waals surface area contributed by atoms with Gasteiger partial charge in [0.1, 0.15) is 5.82 Å². The molecule has 0 aliphatic carbocycles. The molecule has 2 aromatic heterocycles. The van der Waals surface area contributed by atoms with E-state index in [0.717, 1.165) is 16.9 Å². The molecule has 0 aromatic carbocycles. The van der Waals surface area contributed by atoms with Gasteiger partial charge in [0.25, 0.3) is 0 Å². The van der Waals surface area contributed by atoms with Gasteiger partial charge in [0.2, 0.25) is 5.71 Å². The van der Waals surface area contributed by atoms with Crippen molar-refractivity contribution in [1.29, 1.82) is 0 Å². The largest absolute Gasteiger partial charge is 0.446 e. The first-order chi connectivity index (χ1) is 6.31. The summed E-state index contributed by atoms with van der Waals surface area (Å²) in [5.74, 6) is 0.752. The van der Waals surface area contributed by atoms with Gasteiger partial charge in [-0.25, -0.2) is 4.98 Å². The van der Waals surface area contributed by atoms with Gasteiger partial charge in [-0.05, 0) is 19.5 Å².